The van der Waals surface area contributed by atoms with Gasteiger partial charge in [0.15, 0.2) is 0 Å². The number of nitrogens with one attached hydrogen (secondary N) is 2. The van der Waals surface area contributed by atoms with Crippen molar-refractivity contribution in [2.24, 2.45) is 5.92 Å². The maximum absolute atomic E-state index is 14.9. The molecule has 2 N–H and O–H groups in total. The topological polar surface area (TPSA) is 77.4 Å². The predicted molar refractivity (Wildman–Crippen MR) is 114 cm³/mol. The van der Waals surface area contributed by atoms with E-state index in [0.717, 1.165) is 64.0 Å². The highest BCUT2D eigenvalue weighted by Crippen LogP contribution is 2.35. The number of nitriles is 1. The van der Waals surface area contributed by atoms with Crippen molar-refractivity contribution in [1.82, 2.24) is 15.5 Å². The smallest absolute Gasteiger partial charge is 0.238 e. The molecule has 4 atom stereocenters. The van der Waals surface area contributed by atoms with E-state index in [1.807, 2.05) is 6.07 Å². The molecule has 1 aromatic carbocycles. The first-order chi connectivity index (χ1) is 15.1. The zero-order valence-corrected chi connectivity index (χ0v) is 17.9. The third-order valence-electron chi connectivity index (χ3n) is 7.75. The zero-order valence-electron chi connectivity index (χ0n) is 17.9. The third-order valence-corrected chi connectivity index (χ3v) is 7.75. The summed E-state index contributed by atoms with van der Waals surface area (Å²) in [5.41, 5.74) is 1.52. The molecule has 2 bridgehead atoms. The Bertz CT molecular complexity index is 860. The van der Waals surface area contributed by atoms with Crippen molar-refractivity contribution in [2.45, 2.75) is 68.6 Å². The summed E-state index contributed by atoms with van der Waals surface area (Å²) in [6.45, 7) is 3.73. The van der Waals surface area contributed by atoms with Crippen LogP contribution in [0.5, 0.6) is 0 Å². The molecule has 7 heteroatoms. The molecule has 0 spiro atoms. The van der Waals surface area contributed by atoms with Crippen LogP contribution >= 0.6 is 0 Å². The molecular weight excluding hydrogens is 395 g/mol. The molecule has 3 heterocycles. The Labute approximate surface area is 183 Å². The molecule has 1 amide bonds. The number of hydrogen-bond acceptors (Lipinski definition) is 5. The largest absolute Gasteiger partial charge is 0.378 e. The predicted octanol–water partition coefficient (Wildman–Crippen LogP) is 2.10. The molecule has 0 radical (unpaired) electrons. The minimum atomic E-state index is -0.721. The van der Waals surface area contributed by atoms with Crippen molar-refractivity contribution in [2.75, 3.05) is 26.3 Å². The number of fused-ring (bicyclic) bond motifs is 2. The van der Waals surface area contributed by atoms with E-state index in [2.05, 4.69) is 21.6 Å². The number of piperidine rings is 2. The van der Waals surface area contributed by atoms with Gasteiger partial charge in [0.05, 0.1) is 31.4 Å². The minimum absolute atomic E-state index is 0.126. The molecule has 1 saturated carbocycles. The summed E-state index contributed by atoms with van der Waals surface area (Å²) in [6, 6.07) is 7.63. The van der Waals surface area contributed by atoms with Crippen LogP contribution in [0.15, 0.2) is 18.2 Å². The number of carbonyl (C=O) groups excluding carboxylic acids is 1. The Morgan fingerprint density at radius 1 is 1.29 bits per heavy atom. The summed E-state index contributed by atoms with van der Waals surface area (Å²) in [5.74, 6) is 0.332. The van der Waals surface area contributed by atoms with Crippen molar-refractivity contribution in [3.63, 3.8) is 0 Å². The Hall–Kier alpha value is -2.01. The highest BCUT2D eigenvalue weighted by Gasteiger charge is 2.43. The number of halogens is 1. The summed E-state index contributed by atoms with van der Waals surface area (Å²) >= 11 is 0. The minimum Gasteiger partial charge on any atom is -0.378 e. The molecule has 4 aliphatic rings. The monoisotopic (exact) mass is 426 g/mol. The quantitative estimate of drug-likeness (QED) is 0.729. The summed E-state index contributed by atoms with van der Waals surface area (Å²) in [4.78, 5) is 15.1. The highest BCUT2D eigenvalue weighted by atomic mass is 19.1. The van der Waals surface area contributed by atoms with Crippen LogP contribution in [0.1, 0.15) is 49.1 Å². The lowest BCUT2D eigenvalue weighted by Gasteiger charge is -2.41. The van der Waals surface area contributed by atoms with Gasteiger partial charge in [-0.15, -0.1) is 0 Å². The summed E-state index contributed by atoms with van der Waals surface area (Å²) < 4.78 is 20.2. The van der Waals surface area contributed by atoms with Gasteiger partial charge >= 0.3 is 0 Å². The van der Waals surface area contributed by atoms with E-state index in [1.54, 1.807) is 12.1 Å². The van der Waals surface area contributed by atoms with Crippen LogP contribution in [0.3, 0.4) is 0 Å². The van der Waals surface area contributed by atoms with Crippen LogP contribution in [0, 0.1) is 23.1 Å². The molecule has 3 aliphatic heterocycles. The van der Waals surface area contributed by atoms with Crippen molar-refractivity contribution in [3.05, 3.63) is 35.1 Å². The Morgan fingerprint density at radius 2 is 2.10 bits per heavy atom. The number of likely N-dealkylation sites (tertiary alicyclic amines) is 1. The molecule has 3 saturated heterocycles. The van der Waals surface area contributed by atoms with Gasteiger partial charge in [0.2, 0.25) is 5.91 Å². The number of carbonyl (C=O) groups is 1. The van der Waals surface area contributed by atoms with Gasteiger partial charge in [-0.1, -0.05) is 12.1 Å². The average Bonchev–Trinajstić information content (AvgIpc) is 3.37. The lowest BCUT2D eigenvalue weighted by Crippen LogP contribution is -2.51. The molecule has 5 rings (SSSR count). The normalized spacial score (nSPS) is 30.0. The maximum atomic E-state index is 14.9. The summed E-state index contributed by atoms with van der Waals surface area (Å²) in [6.07, 6.45) is 5.48. The van der Waals surface area contributed by atoms with Crippen LogP contribution in [-0.2, 0) is 16.0 Å². The van der Waals surface area contributed by atoms with Gasteiger partial charge in [0, 0.05) is 12.5 Å². The van der Waals surface area contributed by atoms with Crippen LogP contribution in [0.4, 0.5) is 4.39 Å². The Balaban J connectivity index is 1.16. The molecule has 1 aliphatic carbocycles. The van der Waals surface area contributed by atoms with E-state index < -0.39 is 6.04 Å². The van der Waals surface area contributed by atoms with Crippen LogP contribution < -0.4 is 10.6 Å². The second-order valence-electron chi connectivity index (χ2n) is 9.66. The Morgan fingerprint density at radius 3 is 2.68 bits per heavy atom. The van der Waals surface area contributed by atoms with Crippen molar-refractivity contribution < 1.29 is 13.9 Å². The average molecular weight is 427 g/mol. The first-order valence-electron chi connectivity index (χ1n) is 11.7. The summed E-state index contributed by atoms with van der Waals surface area (Å²) in [7, 11) is 0. The molecule has 1 aromatic rings. The second kappa shape index (κ2) is 8.85. The fourth-order valence-electron chi connectivity index (χ4n) is 5.78. The molecule has 31 heavy (non-hydrogen) atoms. The standard InChI is InChI=1S/C24H31FN4O2/c25-22-11-16(15-5-7-29(8-6-15)21-13-31-14-21)1-2-17(22)9-20(12-26)28-24(30)23-18-3-4-19(10-18)27-23/h1-2,11,15,18-21,23,27H,3-10,13-14H2,(H,28,30)/t18?,19?,20-,23-/m0/s1. The maximum Gasteiger partial charge on any atom is 0.238 e. The fourth-order valence-corrected chi connectivity index (χ4v) is 5.78. The summed E-state index contributed by atoms with van der Waals surface area (Å²) in [5, 5.41) is 15.7. The molecule has 2 unspecified atom stereocenters. The molecular formula is C24H31FN4O2. The fraction of sp³-hybridized carbons (Fsp3) is 0.667. The van der Waals surface area contributed by atoms with Gasteiger partial charge in [0.1, 0.15) is 11.9 Å². The number of ether oxygens (including phenoxy) is 1. The first-order valence-corrected chi connectivity index (χ1v) is 11.7. The van der Waals surface area contributed by atoms with Gasteiger partial charge < -0.3 is 15.4 Å². The van der Waals surface area contributed by atoms with Crippen LogP contribution in [-0.4, -0.2) is 61.3 Å². The Kier molecular flexibility index (Phi) is 5.96. The number of rotatable bonds is 6. The lowest BCUT2D eigenvalue weighted by atomic mass is 9.87. The first kappa shape index (κ1) is 20.9. The number of benzene rings is 1. The van der Waals surface area contributed by atoms with Gasteiger partial charge in [-0.05, 0) is 74.2 Å². The van der Waals surface area contributed by atoms with Gasteiger partial charge in [-0.3, -0.25) is 9.69 Å². The number of amides is 1. The van der Waals surface area contributed by atoms with Crippen molar-refractivity contribution >= 4 is 5.91 Å². The van der Waals surface area contributed by atoms with Gasteiger partial charge in [0.25, 0.3) is 0 Å². The van der Waals surface area contributed by atoms with Gasteiger partial charge in [-0.2, -0.15) is 5.26 Å². The lowest BCUT2D eigenvalue weighted by molar-refractivity contribution is -0.124. The van der Waals surface area contributed by atoms with Crippen LogP contribution in [0.25, 0.3) is 0 Å². The SMILES string of the molecule is N#C[C@H](Cc1ccc(C2CCN(C3COC3)CC2)cc1F)NC(=O)[C@H]1NC2CCC1C2. The van der Waals surface area contributed by atoms with E-state index in [4.69, 9.17) is 4.74 Å². The number of nitrogens with zero attached hydrogens (tertiary/aromatic N) is 2. The van der Waals surface area contributed by atoms with Crippen molar-refractivity contribution in [3.8, 4) is 6.07 Å². The van der Waals surface area contributed by atoms with E-state index in [-0.39, 0.29) is 24.2 Å². The van der Waals surface area contributed by atoms with Crippen LogP contribution in [0.2, 0.25) is 0 Å². The number of hydrogen-bond donors (Lipinski definition) is 2. The van der Waals surface area contributed by atoms with E-state index in [1.165, 1.54) is 0 Å². The molecule has 166 valence electrons. The second-order valence-corrected chi connectivity index (χ2v) is 9.66. The van der Waals surface area contributed by atoms with E-state index in [0.29, 0.717) is 29.5 Å². The highest BCUT2D eigenvalue weighted by molar-refractivity contribution is 5.83. The molecule has 4 fully saturated rings. The van der Waals surface area contributed by atoms with Crippen molar-refractivity contribution in [1.29, 1.82) is 5.26 Å². The zero-order chi connectivity index (χ0) is 21.4. The molecule has 6 nitrogen and oxygen atoms in total. The van der Waals surface area contributed by atoms with E-state index in [9.17, 15) is 14.4 Å². The third kappa shape index (κ3) is 4.34. The van der Waals surface area contributed by atoms with Gasteiger partial charge in [-0.25, -0.2) is 4.39 Å². The van der Waals surface area contributed by atoms with E-state index >= 15 is 0 Å². The molecule has 0 aromatic heterocycles.